The van der Waals surface area contributed by atoms with E-state index in [-0.39, 0.29) is 17.7 Å². The predicted molar refractivity (Wildman–Crippen MR) is 130 cm³/mol. The van der Waals surface area contributed by atoms with Gasteiger partial charge in [0.25, 0.3) is 11.8 Å². The number of amides is 4. The molecule has 33 heavy (non-hydrogen) atoms. The fourth-order valence-corrected chi connectivity index (χ4v) is 6.50. The Kier molecular flexibility index (Phi) is 5.84. The third-order valence-electron chi connectivity index (χ3n) is 6.12. The van der Waals surface area contributed by atoms with Gasteiger partial charge in [-0.05, 0) is 44.0 Å². The van der Waals surface area contributed by atoms with Crippen LogP contribution in [-0.2, 0) is 4.79 Å². The molecule has 5 rings (SSSR count). The van der Waals surface area contributed by atoms with Gasteiger partial charge in [-0.15, -0.1) is 23.1 Å². The third kappa shape index (κ3) is 4.35. The van der Waals surface area contributed by atoms with Crippen molar-refractivity contribution in [3.63, 3.8) is 0 Å². The molecule has 3 heterocycles. The minimum atomic E-state index is -0.999. The van der Waals surface area contributed by atoms with E-state index in [1.165, 1.54) is 16.5 Å². The number of nitrogens with zero attached hydrogens (tertiary/aromatic N) is 2. The number of nitrogens with one attached hydrogen (secondary N) is 2. The van der Waals surface area contributed by atoms with Crippen molar-refractivity contribution >= 4 is 51.2 Å². The fraction of sp³-hybridized carbons (Fsp3) is 0.333. The number of hydrogen-bond donors (Lipinski definition) is 2. The van der Waals surface area contributed by atoms with Gasteiger partial charge in [-0.25, -0.2) is 9.78 Å². The Morgan fingerprint density at radius 1 is 1.21 bits per heavy atom. The Morgan fingerprint density at radius 3 is 2.79 bits per heavy atom. The first-order valence-electron chi connectivity index (χ1n) is 10.9. The number of carbonyl (C=O) groups excluding carboxylic acids is 3. The van der Waals surface area contributed by atoms with Crippen molar-refractivity contribution in [1.82, 2.24) is 20.5 Å². The number of piperidine rings is 1. The van der Waals surface area contributed by atoms with Gasteiger partial charge in [-0.1, -0.05) is 24.3 Å². The average molecular weight is 481 g/mol. The monoisotopic (exact) mass is 480 g/mol. The smallest absolute Gasteiger partial charge is 0.322 e. The lowest BCUT2D eigenvalue weighted by Crippen LogP contribution is -2.46. The van der Waals surface area contributed by atoms with Gasteiger partial charge >= 0.3 is 6.03 Å². The number of fused-ring (bicyclic) bond motifs is 1. The topological polar surface area (TPSA) is 91.4 Å². The van der Waals surface area contributed by atoms with Crippen molar-refractivity contribution in [3.05, 3.63) is 59.1 Å². The Balaban J connectivity index is 1.32. The van der Waals surface area contributed by atoms with Crippen LogP contribution < -0.4 is 10.6 Å². The van der Waals surface area contributed by atoms with Crippen LogP contribution in [0.4, 0.5) is 4.79 Å². The SMILES string of the molecule is C[C@@]1(CSc2ccccc2C(=O)N2CCC[C@H](c3nc4ccccc4s3)C2)NC(=O)NC1=O. The molecule has 3 aromatic rings. The van der Waals surface area contributed by atoms with Gasteiger partial charge < -0.3 is 10.2 Å². The second-order valence-electron chi connectivity index (χ2n) is 8.64. The maximum Gasteiger partial charge on any atom is 0.322 e. The number of rotatable bonds is 5. The van der Waals surface area contributed by atoms with Gasteiger partial charge in [0, 0.05) is 29.7 Å². The summed E-state index contributed by atoms with van der Waals surface area (Å²) >= 11 is 3.12. The van der Waals surface area contributed by atoms with Gasteiger partial charge in [-0.2, -0.15) is 0 Å². The van der Waals surface area contributed by atoms with E-state index in [0.29, 0.717) is 17.9 Å². The van der Waals surface area contributed by atoms with Crippen molar-refractivity contribution in [1.29, 1.82) is 0 Å². The fourth-order valence-electron chi connectivity index (χ4n) is 4.27. The zero-order chi connectivity index (χ0) is 23.0. The van der Waals surface area contributed by atoms with Crippen LogP contribution in [0.3, 0.4) is 0 Å². The molecule has 0 radical (unpaired) electrons. The molecule has 2 saturated heterocycles. The number of para-hydroxylation sites is 1. The Labute approximate surface area is 200 Å². The molecule has 1 aromatic heterocycles. The van der Waals surface area contributed by atoms with E-state index in [1.54, 1.807) is 18.3 Å². The molecule has 2 N–H and O–H groups in total. The van der Waals surface area contributed by atoms with Crippen molar-refractivity contribution in [2.45, 2.75) is 36.1 Å². The average Bonchev–Trinajstić information content (AvgIpc) is 3.37. The number of imide groups is 1. The van der Waals surface area contributed by atoms with Gasteiger partial charge in [0.05, 0.1) is 20.8 Å². The number of carbonyl (C=O) groups is 3. The number of thioether (sulfide) groups is 1. The van der Waals surface area contributed by atoms with E-state index in [2.05, 4.69) is 16.7 Å². The molecule has 2 fully saturated rings. The molecule has 2 aliphatic rings. The molecular formula is C24H24N4O3S2. The maximum absolute atomic E-state index is 13.5. The van der Waals surface area contributed by atoms with E-state index >= 15 is 0 Å². The summed E-state index contributed by atoms with van der Waals surface area (Å²) in [6.07, 6.45) is 1.96. The highest BCUT2D eigenvalue weighted by atomic mass is 32.2. The number of likely N-dealkylation sites (tertiary alicyclic amines) is 1. The molecular weight excluding hydrogens is 456 g/mol. The molecule has 2 aliphatic heterocycles. The first kappa shape index (κ1) is 21.9. The molecule has 0 bridgehead atoms. The van der Waals surface area contributed by atoms with Gasteiger partial charge in [0.1, 0.15) is 5.54 Å². The van der Waals surface area contributed by atoms with Gasteiger partial charge in [0.2, 0.25) is 0 Å². The zero-order valence-corrected chi connectivity index (χ0v) is 19.8. The summed E-state index contributed by atoms with van der Waals surface area (Å²) in [5.41, 5.74) is 0.640. The highest BCUT2D eigenvalue weighted by Crippen LogP contribution is 2.34. The van der Waals surface area contributed by atoms with Gasteiger partial charge in [0.15, 0.2) is 0 Å². The van der Waals surface area contributed by atoms with Crippen LogP contribution in [0.25, 0.3) is 10.2 Å². The summed E-state index contributed by atoms with van der Waals surface area (Å²) in [5.74, 6) is 0.215. The lowest BCUT2D eigenvalue weighted by molar-refractivity contribution is -0.122. The second-order valence-corrected chi connectivity index (χ2v) is 10.7. The largest absolute Gasteiger partial charge is 0.338 e. The number of aromatic nitrogens is 1. The van der Waals surface area contributed by atoms with E-state index in [9.17, 15) is 14.4 Å². The summed E-state index contributed by atoms with van der Waals surface area (Å²) in [5, 5.41) is 6.05. The molecule has 4 amide bonds. The number of hydrogen-bond acceptors (Lipinski definition) is 6. The molecule has 9 heteroatoms. The molecule has 170 valence electrons. The van der Waals surface area contributed by atoms with E-state index in [4.69, 9.17) is 4.98 Å². The summed E-state index contributed by atoms with van der Waals surface area (Å²) < 4.78 is 1.18. The predicted octanol–water partition coefficient (Wildman–Crippen LogP) is 4.01. The number of urea groups is 1. The lowest BCUT2D eigenvalue weighted by atomic mass is 9.98. The Morgan fingerprint density at radius 2 is 2.00 bits per heavy atom. The van der Waals surface area contributed by atoms with Crippen molar-refractivity contribution < 1.29 is 14.4 Å². The van der Waals surface area contributed by atoms with Crippen LogP contribution in [-0.4, -0.2) is 52.1 Å². The highest BCUT2D eigenvalue weighted by molar-refractivity contribution is 7.99. The second kappa shape index (κ2) is 8.79. The molecule has 2 atom stereocenters. The van der Waals surface area contributed by atoms with Crippen LogP contribution >= 0.6 is 23.1 Å². The summed E-state index contributed by atoms with van der Waals surface area (Å²) in [7, 11) is 0. The van der Waals surface area contributed by atoms with Crippen molar-refractivity contribution in [2.75, 3.05) is 18.8 Å². The Bertz CT molecular complexity index is 1210. The molecule has 0 saturated carbocycles. The van der Waals surface area contributed by atoms with Crippen LogP contribution in [0, 0.1) is 0 Å². The first-order chi connectivity index (χ1) is 15.9. The quantitative estimate of drug-likeness (QED) is 0.425. The number of benzene rings is 2. The standard InChI is InChI=1S/C24H24N4O3S2/c1-24(22(30)26-23(31)27-24)14-32-18-10-4-2-8-16(18)21(29)28-12-6-7-15(13-28)20-25-17-9-3-5-11-19(17)33-20/h2-5,8-11,15H,6-7,12-14H2,1H3,(H2,26,27,30,31)/t15-,24-/m0/s1. The highest BCUT2D eigenvalue weighted by Gasteiger charge is 2.42. The van der Waals surface area contributed by atoms with Crippen LogP contribution in [0.2, 0.25) is 0 Å². The summed E-state index contributed by atoms with van der Waals surface area (Å²) in [6, 6.07) is 15.1. The lowest BCUT2D eigenvalue weighted by Gasteiger charge is -2.32. The third-order valence-corrected chi connectivity index (χ3v) is 8.71. The van der Waals surface area contributed by atoms with Crippen molar-refractivity contribution in [3.8, 4) is 0 Å². The van der Waals surface area contributed by atoms with Crippen LogP contribution in [0.1, 0.15) is 41.0 Å². The normalized spacial score (nSPS) is 22.9. The molecule has 2 aromatic carbocycles. The molecule has 7 nitrogen and oxygen atoms in total. The minimum Gasteiger partial charge on any atom is -0.338 e. The van der Waals surface area contributed by atoms with E-state index in [1.807, 2.05) is 47.4 Å². The van der Waals surface area contributed by atoms with Gasteiger partial charge in [-0.3, -0.25) is 14.9 Å². The van der Waals surface area contributed by atoms with Crippen LogP contribution in [0.5, 0.6) is 0 Å². The zero-order valence-electron chi connectivity index (χ0n) is 18.2. The van der Waals surface area contributed by atoms with E-state index in [0.717, 1.165) is 34.8 Å². The minimum absolute atomic E-state index is 0.00558. The summed E-state index contributed by atoms with van der Waals surface area (Å²) in [4.78, 5) is 44.7. The Hall–Kier alpha value is -2.91. The summed E-state index contributed by atoms with van der Waals surface area (Å²) in [6.45, 7) is 3.06. The van der Waals surface area contributed by atoms with E-state index < -0.39 is 11.6 Å². The van der Waals surface area contributed by atoms with Crippen molar-refractivity contribution in [2.24, 2.45) is 0 Å². The number of thiazole rings is 1. The molecule has 0 unspecified atom stereocenters. The first-order valence-corrected chi connectivity index (χ1v) is 12.7. The maximum atomic E-state index is 13.5. The molecule has 0 spiro atoms. The van der Waals surface area contributed by atoms with Crippen LogP contribution in [0.15, 0.2) is 53.4 Å². The molecule has 0 aliphatic carbocycles.